The van der Waals surface area contributed by atoms with Crippen molar-refractivity contribution in [1.82, 2.24) is 24.5 Å². The third-order valence-corrected chi connectivity index (χ3v) is 6.89. The molecule has 0 saturated carbocycles. The summed E-state index contributed by atoms with van der Waals surface area (Å²) in [7, 11) is 0. The normalized spacial score (nSPS) is 16.0. The number of aliphatic hydroxyl groups is 1. The monoisotopic (exact) mass is 456 g/mol. The Labute approximate surface area is 200 Å². The molecule has 1 fully saturated rings. The molecule has 0 bridgehead atoms. The van der Waals surface area contributed by atoms with Crippen LogP contribution in [0.15, 0.2) is 36.8 Å². The standard InChI is InChI=1S/C27H32N6O/c1-17(2)24-22-12-19(18-7-9-32(10-8-18)15-27(3,4)34)5-6-23(22)31-25(24)21-11-20(13-28)26-29-16-30-33(26)14-21/h5-6,11-12,14,16-18,31,34H,7-10,15H2,1-4H3. The van der Waals surface area contributed by atoms with Crippen LogP contribution in [0.2, 0.25) is 0 Å². The second kappa shape index (κ2) is 8.53. The van der Waals surface area contributed by atoms with Crippen molar-refractivity contribution in [3.8, 4) is 17.3 Å². The summed E-state index contributed by atoms with van der Waals surface area (Å²) >= 11 is 0. The number of hydrogen-bond donors (Lipinski definition) is 2. The van der Waals surface area contributed by atoms with Gasteiger partial charge in [0, 0.05) is 29.2 Å². The average molecular weight is 457 g/mol. The summed E-state index contributed by atoms with van der Waals surface area (Å²) in [6.45, 7) is 10.9. The highest BCUT2D eigenvalue weighted by atomic mass is 16.3. The van der Waals surface area contributed by atoms with E-state index in [1.54, 1.807) is 4.52 Å². The van der Waals surface area contributed by atoms with Gasteiger partial charge in [-0.1, -0.05) is 19.9 Å². The van der Waals surface area contributed by atoms with Crippen LogP contribution in [0.1, 0.15) is 69.1 Å². The van der Waals surface area contributed by atoms with E-state index >= 15 is 0 Å². The summed E-state index contributed by atoms with van der Waals surface area (Å²) in [5.41, 5.74) is 6.17. The van der Waals surface area contributed by atoms with Crippen molar-refractivity contribution in [2.24, 2.45) is 0 Å². The van der Waals surface area contributed by atoms with Gasteiger partial charge in [0.05, 0.1) is 16.9 Å². The number of pyridine rings is 1. The maximum atomic E-state index is 10.2. The molecule has 5 rings (SSSR count). The number of nitrogens with zero attached hydrogens (tertiary/aromatic N) is 5. The number of nitrogens with one attached hydrogen (secondary N) is 1. The van der Waals surface area contributed by atoms with Gasteiger partial charge >= 0.3 is 0 Å². The Morgan fingerprint density at radius 2 is 2.00 bits per heavy atom. The molecule has 1 aromatic carbocycles. The number of nitriles is 1. The molecule has 1 aliphatic heterocycles. The SMILES string of the molecule is CC(C)c1c(-c2cc(C#N)c3ncnn3c2)[nH]c2ccc(C3CCN(CC(C)(C)O)CC3)cc12. The Morgan fingerprint density at radius 3 is 2.68 bits per heavy atom. The minimum absolute atomic E-state index is 0.310. The van der Waals surface area contributed by atoms with Crippen LogP contribution in [0.5, 0.6) is 0 Å². The zero-order valence-corrected chi connectivity index (χ0v) is 20.3. The zero-order valence-electron chi connectivity index (χ0n) is 20.3. The van der Waals surface area contributed by atoms with Crippen LogP contribution >= 0.6 is 0 Å². The first-order valence-electron chi connectivity index (χ1n) is 12.1. The molecule has 0 atom stereocenters. The van der Waals surface area contributed by atoms with E-state index in [4.69, 9.17) is 0 Å². The minimum Gasteiger partial charge on any atom is -0.389 e. The van der Waals surface area contributed by atoms with Crippen LogP contribution in [-0.2, 0) is 0 Å². The first-order chi connectivity index (χ1) is 16.2. The third-order valence-electron chi connectivity index (χ3n) is 6.89. The molecular formula is C27H32N6O. The molecule has 1 aliphatic rings. The fraction of sp³-hybridized carbons (Fsp3) is 0.444. The lowest BCUT2D eigenvalue weighted by Crippen LogP contribution is -2.42. The lowest BCUT2D eigenvalue weighted by molar-refractivity contribution is 0.0282. The quantitative estimate of drug-likeness (QED) is 0.449. The molecule has 7 nitrogen and oxygen atoms in total. The molecular weight excluding hydrogens is 424 g/mol. The molecule has 4 aromatic rings. The molecule has 34 heavy (non-hydrogen) atoms. The predicted octanol–water partition coefficient (Wildman–Crippen LogP) is 4.82. The number of benzene rings is 1. The van der Waals surface area contributed by atoms with Gasteiger partial charge in [-0.15, -0.1) is 0 Å². The van der Waals surface area contributed by atoms with Crippen LogP contribution in [-0.4, -0.2) is 54.8 Å². The maximum Gasteiger partial charge on any atom is 0.173 e. The summed E-state index contributed by atoms with van der Waals surface area (Å²) in [6, 6.07) is 11.0. The Morgan fingerprint density at radius 1 is 1.24 bits per heavy atom. The van der Waals surface area contributed by atoms with Gasteiger partial charge in [0.2, 0.25) is 0 Å². The van der Waals surface area contributed by atoms with Crippen molar-refractivity contribution in [1.29, 1.82) is 5.26 Å². The van der Waals surface area contributed by atoms with Crippen molar-refractivity contribution in [2.75, 3.05) is 19.6 Å². The molecule has 0 aliphatic carbocycles. The van der Waals surface area contributed by atoms with Crippen molar-refractivity contribution < 1.29 is 5.11 Å². The Bertz CT molecular complexity index is 1380. The zero-order chi connectivity index (χ0) is 24.0. The van der Waals surface area contributed by atoms with Gasteiger partial charge in [0.1, 0.15) is 12.4 Å². The van der Waals surface area contributed by atoms with Crippen LogP contribution in [0.25, 0.3) is 27.8 Å². The Balaban J connectivity index is 1.51. The second-order valence-electron chi connectivity index (χ2n) is 10.5. The molecule has 0 unspecified atom stereocenters. The van der Waals surface area contributed by atoms with Crippen molar-refractivity contribution in [3.05, 3.63) is 53.5 Å². The van der Waals surface area contributed by atoms with Gasteiger partial charge in [-0.3, -0.25) is 0 Å². The van der Waals surface area contributed by atoms with Crippen molar-refractivity contribution in [2.45, 2.75) is 58.0 Å². The number of fused-ring (bicyclic) bond motifs is 2. The molecule has 0 amide bonds. The van der Waals surface area contributed by atoms with Crippen molar-refractivity contribution in [3.63, 3.8) is 0 Å². The number of aromatic nitrogens is 4. The molecule has 176 valence electrons. The summed E-state index contributed by atoms with van der Waals surface area (Å²) in [4.78, 5) is 10.2. The van der Waals surface area contributed by atoms with Gasteiger partial charge < -0.3 is 15.0 Å². The lowest BCUT2D eigenvalue weighted by Gasteiger charge is -2.35. The number of β-amino-alcohol motifs (C(OH)–C–C–N with tert-alkyl or cyclic N) is 1. The number of piperidine rings is 1. The number of hydrogen-bond acceptors (Lipinski definition) is 5. The van der Waals surface area contributed by atoms with Crippen LogP contribution < -0.4 is 0 Å². The molecule has 1 saturated heterocycles. The fourth-order valence-corrected chi connectivity index (χ4v) is 5.43. The third kappa shape index (κ3) is 4.20. The van der Waals surface area contributed by atoms with E-state index in [2.05, 4.69) is 58.1 Å². The highest BCUT2D eigenvalue weighted by molar-refractivity contribution is 5.92. The summed E-state index contributed by atoms with van der Waals surface area (Å²) < 4.78 is 1.68. The fourth-order valence-electron chi connectivity index (χ4n) is 5.43. The number of H-pyrrole nitrogens is 1. The van der Waals surface area contributed by atoms with E-state index in [-0.39, 0.29) is 0 Å². The molecule has 2 N–H and O–H groups in total. The number of rotatable bonds is 5. The predicted molar refractivity (Wildman–Crippen MR) is 134 cm³/mol. The molecule has 3 aromatic heterocycles. The van der Waals surface area contributed by atoms with E-state index in [9.17, 15) is 10.4 Å². The van der Waals surface area contributed by atoms with E-state index < -0.39 is 5.60 Å². The second-order valence-corrected chi connectivity index (χ2v) is 10.5. The number of aromatic amines is 1. The molecule has 7 heteroatoms. The van der Waals surface area contributed by atoms with Crippen LogP contribution in [0, 0.1) is 11.3 Å². The highest BCUT2D eigenvalue weighted by Crippen LogP contribution is 2.38. The van der Waals surface area contributed by atoms with E-state index in [0.29, 0.717) is 23.0 Å². The average Bonchev–Trinajstić information content (AvgIpc) is 3.42. The van der Waals surface area contributed by atoms with E-state index in [1.807, 2.05) is 26.1 Å². The minimum atomic E-state index is -0.653. The van der Waals surface area contributed by atoms with Gasteiger partial charge in [-0.2, -0.15) is 10.4 Å². The number of likely N-dealkylation sites (tertiary alicyclic amines) is 1. The molecule has 4 heterocycles. The molecule has 0 radical (unpaired) electrons. The first-order valence-corrected chi connectivity index (χ1v) is 12.1. The topological polar surface area (TPSA) is 93.2 Å². The Kier molecular flexibility index (Phi) is 5.67. The van der Waals surface area contributed by atoms with Gasteiger partial charge in [0.15, 0.2) is 5.65 Å². The highest BCUT2D eigenvalue weighted by Gasteiger charge is 2.26. The van der Waals surface area contributed by atoms with Crippen LogP contribution in [0.3, 0.4) is 0 Å². The smallest absolute Gasteiger partial charge is 0.173 e. The summed E-state index contributed by atoms with van der Waals surface area (Å²) in [5, 5.41) is 25.3. The van der Waals surface area contributed by atoms with Crippen molar-refractivity contribution >= 4 is 16.6 Å². The van der Waals surface area contributed by atoms with Crippen LogP contribution in [0.4, 0.5) is 0 Å². The summed E-state index contributed by atoms with van der Waals surface area (Å²) in [5.74, 6) is 0.835. The van der Waals surface area contributed by atoms with Gasteiger partial charge in [-0.25, -0.2) is 9.50 Å². The summed E-state index contributed by atoms with van der Waals surface area (Å²) in [6.07, 6.45) is 5.63. The molecule has 0 spiro atoms. The van der Waals surface area contributed by atoms with E-state index in [1.165, 1.54) is 22.8 Å². The van der Waals surface area contributed by atoms with Gasteiger partial charge in [-0.05, 0) is 80.9 Å². The maximum absolute atomic E-state index is 10.2. The Hall–Kier alpha value is -3.21. The van der Waals surface area contributed by atoms with Gasteiger partial charge in [0.25, 0.3) is 0 Å². The first kappa shape index (κ1) is 22.6. The van der Waals surface area contributed by atoms with E-state index in [0.717, 1.165) is 49.2 Å². The largest absolute Gasteiger partial charge is 0.389 e. The lowest BCUT2D eigenvalue weighted by atomic mass is 9.87.